The predicted octanol–water partition coefficient (Wildman–Crippen LogP) is 2.07. The SMILES string of the molecule is C[C@@H](O)[C@H](C(=O)O)[C@H](C)[Si](C)(C)c1ccccc1. The number of hydrogen-bond acceptors (Lipinski definition) is 2. The summed E-state index contributed by atoms with van der Waals surface area (Å²) in [6.07, 6.45) is -0.826. The second-order valence-electron chi connectivity index (χ2n) is 5.48. The van der Waals surface area contributed by atoms with Gasteiger partial charge in [-0.1, -0.05) is 55.5 Å². The molecule has 4 heteroatoms. The van der Waals surface area contributed by atoms with Crippen molar-refractivity contribution in [3.63, 3.8) is 0 Å². The minimum atomic E-state index is -1.91. The van der Waals surface area contributed by atoms with Crippen molar-refractivity contribution in [1.82, 2.24) is 0 Å². The van der Waals surface area contributed by atoms with Crippen LogP contribution in [-0.4, -0.2) is 30.4 Å². The average Bonchev–Trinajstić information content (AvgIpc) is 2.29. The Hall–Kier alpha value is -1.13. The van der Waals surface area contributed by atoms with E-state index in [0.717, 1.165) is 0 Å². The molecule has 0 aromatic heterocycles. The Balaban J connectivity index is 3.07. The minimum Gasteiger partial charge on any atom is -0.481 e. The van der Waals surface area contributed by atoms with Crippen LogP contribution in [0.25, 0.3) is 0 Å². The van der Waals surface area contributed by atoms with Gasteiger partial charge in [-0.05, 0) is 12.5 Å². The highest BCUT2D eigenvalue weighted by molar-refractivity contribution is 6.91. The standard InChI is InChI=1S/C14H22O3Si/c1-10(15)13(14(16)17)11(2)18(3,4)12-8-6-5-7-9-12/h5-11,13,15H,1-4H3,(H,16,17)/t10-,11+,13+/m1/s1. The lowest BCUT2D eigenvalue weighted by molar-refractivity contribution is -0.145. The highest BCUT2D eigenvalue weighted by Crippen LogP contribution is 2.32. The Kier molecular flexibility index (Phi) is 4.70. The number of carboxylic acids is 1. The molecule has 3 atom stereocenters. The molecular formula is C14H22O3Si. The molecule has 0 radical (unpaired) electrons. The van der Waals surface area contributed by atoms with Crippen molar-refractivity contribution in [3.05, 3.63) is 30.3 Å². The fraction of sp³-hybridized carbons (Fsp3) is 0.500. The first kappa shape index (κ1) is 14.9. The summed E-state index contributed by atoms with van der Waals surface area (Å²) in [5.74, 6) is -1.61. The van der Waals surface area contributed by atoms with Crippen molar-refractivity contribution in [2.24, 2.45) is 5.92 Å². The molecule has 0 unspecified atom stereocenters. The topological polar surface area (TPSA) is 57.5 Å². The van der Waals surface area contributed by atoms with Gasteiger partial charge in [-0.3, -0.25) is 4.79 Å². The fourth-order valence-corrected chi connectivity index (χ4v) is 5.31. The number of hydrogen-bond donors (Lipinski definition) is 2. The third-order valence-electron chi connectivity index (χ3n) is 4.00. The van der Waals surface area contributed by atoms with E-state index in [1.807, 2.05) is 25.1 Å². The van der Waals surface area contributed by atoms with Crippen LogP contribution in [0.4, 0.5) is 0 Å². The van der Waals surface area contributed by atoms with Gasteiger partial charge in [-0.15, -0.1) is 0 Å². The van der Waals surface area contributed by atoms with E-state index in [1.165, 1.54) is 5.19 Å². The van der Waals surface area contributed by atoms with E-state index in [4.69, 9.17) is 0 Å². The van der Waals surface area contributed by atoms with E-state index < -0.39 is 26.1 Å². The zero-order chi connectivity index (χ0) is 13.9. The summed E-state index contributed by atoms with van der Waals surface area (Å²) in [7, 11) is -1.91. The third-order valence-corrected chi connectivity index (χ3v) is 8.46. The molecule has 3 nitrogen and oxygen atoms in total. The van der Waals surface area contributed by atoms with Crippen LogP contribution in [0.5, 0.6) is 0 Å². The highest BCUT2D eigenvalue weighted by Gasteiger charge is 2.41. The quantitative estimate of drug-likeness (QED) is 0.802. The van der Waals surface area contributed by atoms with E-state index in [0.29, 0.717) is 0 Å². The van der Waals surface area contributed by atoms with E-state index in [-0.39, 0.29) is 5.54 Å². The maximum Gasteiger partial charge on any atom is 0.309 e. The zero-order valence-electron chi connectivity index (χ0n) is 11.4. The summed E-state index contributed by atoms with van der Waals surface area (Å²) in [6, 6.07) is 10.0. The average molecular weight is 266 g/mol. The van der Waals surface area contributed by atoms with Crippen LogP contribution in [0.1, 0.15) is 13.8 Å². The van der Waals surface area contributed by atoms with E-state index in [1.54, 1.807) is 6.92 Å². The molecule has 2 N–H and O–H groups in total. The van der Waals surface area contributed by atoms with Crippen molar-refractivity contribution in [2.75, 3.05) is 0 Å². The number of benzene rings is 1. The van der Waals surface area contributed by atoms with Gasteiger partial charge in [-0.25, -0.2) is 0 Å². The number of aliphatic hydroxyl groups excluding tert-OH is 1. The normalized spacial score (nSPS) is 16.9. The number of carboxylic acid groups (broad SMARTS) is 1. The van der Waals surface area contributed by atoms with Crippen LogP contribution in [0.2, 0.25) is 18.6 Å². The molecule has 0 spiro atoms. The van der Waals surface area contributed by atoms with E-state index in [9.17, 15) is 15.0 Å². The lowest BCUT2D eigenvalue weighted by Crippen LogP contribution is -2.50. The maximum atomic E-state index is 11.3. The molecule has 0 amide bonds. The Labute approximate surface area is 109 Å². The van der Waals surface area contributed by atoms with Gasteiger partial charge in [-0.2, -0.15) is 0 Å². The van der Waals surface area contributed by atoms with Crippen molar-refractivity contribution in [1.29, 1.82) is 0 Å². The van der Waals surface area contributed by atoms with E-state index >= 15 is 0 Å². The summed E-state index contributed by atoms with van der Waals surface area (Å²) >= 11 is 0. The molecule has 0 bridgehead atoms. The molecule has 1 aromatic carbocycles. The lowest BCUT2D eigenvalue weighted by Gasteiger charge is -2.35. The van der Waals surface area contributed by atoms with Crippen LogP contribution in [0.3, 0.4) is 0 Å². The van der Waals surface area contributed by atoms with Crippen molar-refractivity contribution >= 4 is 19.2 Å². The van der Waals surface area contributed by atoms with Gasteiger partial charge in [0.2, 0.25) is 0 Å². The summed E-state index contributed by atoms with van der Waals surface area (Å²) in [5.41, 5.74) is -0.0302. The van der Waals surface area contributed by atoms with Crippen molar-refractivity contribution < 1.29 is 15.0 Å². The summed E-state index contributed by atoms with van der Waals surface area (Å²) in [4.78, 5) is 11.3. The molecule has 1 aromatic rings. The first-order valence-corrected chi connectivity index (χ1v) is 9.32. The van der Waals surface area contributed by atoms with Gasteiger partial charge >= 0.3 is 5.97 Å². The van der Waals surface area contributed by atoms with Gasteiger partial charge in [0, 0.05) is 0 Å². The second kappa shape index (κ2) is 5.67. The van der Waals surface area contributed by atoms with E-state index in [2.05, 4.69) is 25.2 Å². The van der Waals surface area contributed by atoms with Crippen LogP contribution in [0.15, 0.2) is 30.3 Å². The van der Waals surface area contributed by atoms with Gasteiger partial charge in [0.1, 0.15) is 0 Å². The number of rotatable bonds is 5. The Morgan fingerprint density at radius 2 is 1.67 bits per heavy atom. The van der Waals surface area contributed by atoms with Gasteiger partial charge in [0.15, 0.2) is 0 Å². The predicted molar refractivity (Wildman–Crippen MR) is 75.8 cm³/mol. The number of carbonyl (C=O) groups is 1. The highest BCUT2D eigenvalue weighted by atomic mass is 28.3. The third kappa shape index (κ3) is 3.00. The second-order valence-corrected chi connectivity index (χ2v) is 10.4. The van der Waals surface area contributed by atoms with Crippen LogP contribution in [0, 0.1) is 5.92 Å². The lowest BCUT2D eigenvalue weighted by atomic mass is 10.0. The largest absolute Gasteiger partial charge is 0.481 e. The molecule has 0 aliphatic carbocycles. The summed E-state index contributed by atoms with van der Waals surface area (Å²) in [5, 5.41) is 20.2. The molecular weight excluding hydrogens is 244 g/mol. The van der Waals surface area contributed by atoms with Crippen molar-refractivity contribution in [3.8, 4) is 0 Å². The van der Waals surface area contributed by atoms with Gasteiger partial charge < -0.3 is 10.2 Å². The van der Waals surface area contributed by atoms with Crippen LogP contribution in [-0.2, 0) is 4.79 Å². The smallest absolute Gasteiger partial charge is 0.309 e. The van der Waals surface area contributed by atoms with Crippen LogP contribution >= 0.6 is 0 Å². The molecule has 100 valence electrons. The fourth-order valence-electron chi connectivity index (χ4n) is 2.42. The summed E-state index contributed by atoms with van der Waals surface area (Å²) < 4.78 is 0. The molecule has 0 saturated heterocycles. The molecule has 0 fully saturated rings. The molecule has 0 aliphatic rings. The molecule has 18 heavy (non-hydrogen) atoms. The molecule has 1 rings (SSSR count). The molecule has 0 saturated carbocycles. The molecule has 0 heterocycles. The summed E-state index contributed by atoms with van der Waals surface area (Å²) in [6.45, 7) is 7.83. The number of aliphatic hydroxyl groups is 1. The number of aliphatic carboxylic acids is 1. The van der Waals surface area contributed by atoms with Crippen molar-refractivity contribution in [2.45, 2.75) is 38.6 Å². The van der Waals surface area contributed by atoms with Gasteiger partial charge in [0.05, 0.1) is 20.1 Å². The Bertz CT molecular complexity index is 401. The minimum absolute atomic E-state index is 0.0302. The Morgan fingerprint density at radius 3 is 2.06 bits per heavy atom. The van der Waals surface area contributed by atoms with Gasteiger partial charge in [0.25, 0.3) is 0 Å². The Morgan fingerprint density at radius 1 is 1.17 bits per heavy atom. The van der Waals surface area contributed by atoms with Crippen LogP contribution < -0.4 is 5.19 Å². The monoisotopic (exact) mass is 266 g/mol. The molecule has 0 aliphatic heterocycles. The maximum absolute atomic E-state index is 11.3. The first-order chi connectivity index (χ1) is 8.28. The zero-order valence-corrected chi connectivity index (χ0v) is 12.4. The first-order valence-electron chi connectivity index (χ1n) is 6.25.